The fourth-order valence-corrected chi connectivity index (χ4v) is 3.40. The van der Waals surface area contributed by atoms with E-state index in [1.54, 1.807) is 11.9 Å². The molecule has 1 aromatic carbocycles. The van der Waals surface area contributed by atoms with Gasteiger partial charge in [-0.3, -0.25) is 0 Å². The lowest BCUT2D eigenvalue weighted by atomic mass is 9.98. The number of likely N-dealkylation sites (N-methyl/N-ethyl adjacent to an activating group) is 1. The second-order valence-corrected chi connectivity index (χ2v) is 7.49. The topological polar surface area (TPSA) is 61.8 Å². The number of nitrogens with one attached hydrogen (secondary N) is 1. The summed E-state index contributed by atoms with van der Waals surface area (Å²) < 4.78 is 6.01. The van der Waals surface area contributed by atoms with Crippen molar-refractivity contribution in [3.8, 4) is 0 Å². The van der Waals surface area contributed by atoms with Crippen LogP contribution in [0.5, 0.6) is 0 Å². The summed E-state index contributed by atoms with van der Waals surface area (Å²) in [5.74, 6) is 0.371. The largest absolute Gasteiger partial charge is 0.391 e. The maximum Gasteiger partial charge on any atom is 0.321 e. The van der Waals surface area contributed by atoms with Crippen molar-refractivity contribution in [1.82, 2.24) is 4.90 Å². The summed E-state index contributed by atoms with van der Waals surface area (Å²) >= 11 is 0. The number of hydrogen-bond acceptors (Lipinski definition) is 3. The zero-order chi connectivity index (χ0) is 17.6. The van der Waals surface area contributed by atoms with Crippen LogP contribution in [0.1, 0.15) is 50.5 Å². The number of hydrogen-bond donors (Lipinski definition) is 2. The molecule has 0 bridgehead atoms. The summed E-state index contributed by atoms with van der Waals surface area (Å²) in [6.07, 6.45) is 8.27. The zero-order valence-corrected chi connectivity index (χ0v) is 15.1. The van der Waals surface area contributed by atoms with E-state index in [-0.39, 0.29) is 6.03 Å². The minimum absolute atomic E-state index is 0.190. The van der Waals surface area contributed by atoms with E-state index < -0.39 is 6.10 Å². The molecule has 1 atom stereocenters. The van der Waals surface area contributed by atoms with Gasteiger partial charge >= 0.3 is 6.03 Å². The average molecular weight is 346 g/mol. The van der Waals surface area contributed by atoms with Crippen LogP contribution in [0.2, 0.25) is 0 Å². The summed E-state index contributed by atoms with van der Waals surface area (Å²) in [5, 5.41) is 12.9. The van der Waals surface area contributed by atoms with Crippen molar-refractivity contribution in [3.63, 3.8) is 0 Å². The molecule has 0 spiro atoms. The van der Waals surface area contributed by atoms with E-state index in [1.165, 1.54) is 19.3 Å². The molecule has 5 nitrogen and oxygen atoms in total. The summed E-state index contributed by atoms with van der Waals surface area (Å²) in [6.45, 7) is 0.964. The molecule has 3 rings (SSSR count). The Kier molecular flexibility index (Phi) is 6.32. The van der Waals surface area contributed by atoms with Crippen LogP contribution < -0.4 is 5.32 Å². The van der Waals surface area contributed by atoms with Crippen molar-refractivity contribution in [1.29, 1.82) is 0 Å². The van der Waals surface area contributed by atoms with E-state index in [1.807, 2.05) is 24.3 Å². The van der Waals surface area contributed by atoms with Crippen molar-refractivity contribution in [2.75, 3.05) is 18.9 Å². The Hall–Kier alpha value is -1.59. The van der Waals surface area contributed by atoms with Gasteiger partial charge in [-0.05, 0) is 49.3 Å². The Morgan fingerprint density at radius 3 is 2.76 bits per heavy atom. The quantitative estimate of drug-likeness (QED) is 0.790. The number of urea groups is 1. The van der Waals surface area contributed by atoms with Gasteiger partial charge in [-0.25, -0.2) is 4.79 Å². The van der Waals surface area contributed by atoms with E-state index in [9.17, 15) is 9.90 Å². The number of rotatable bonds is 7. The van der Waals surface area contributed by atoms with E-state index >= 15 is 0 Å². The zero-order valence-electron chi connectivity index (χ0n) is 15.1. The van der Waals surface area contributed by atoms with Crippen LogP contribution in [-0.2, 0) is 11.3 Å². The molecule has 0 saturated heterocycles. The Morgan fingerprint density at radius 1 is 1.28 bits per heavy atom. The predicted molar refractivity (Wildman–Crippen MR) is 98.5 cm³/mol. The van der Waals surface area contributed by atoms with Crippen molar-refractivity contribution in [2.24, 2.45) is 5.92 Å². The fourth-order valence-electron chi connectivity index (χ4n) is 3.40. The van der Waals surface area contributed by atoms with Crippen LogP contribution >= 0.6 is 0 Å². The van der Waals surface area contributed by atoms with Crippen LogP contribution in [0.15, 0.2) is 24.3 Å². The molecular weight excluding hydrogens is 316 g/mol. The molecule has 25 heavy (non-hydrogen) atoms. The molecule has 2 aliphatic carbocycles. The number of carbonyl (C=O) groups excluding carboxylic acids is 1. The number of amides is 2. The lowest BCUT2D eigenvalue weighted by molar-refractivity contribution is 0.0169. The first kappa shape index (κ1) is 18.2. The highest BCUT2D eigenvalue weighted by atomic mass is 16.5. The second-order valence-electron chi connectivity index (χ2n) is 7.49. The highest BCUT2D eigenvalue weighted by Crippen LogP contribution is 2.32. The summed E-state index contributed by atoms with van der Waals surface area (Å²) in [4.78, 5) is 13.8. The standard InChI is InChI=1S/C20H30N2O3/c1-22(13-19(23)16-10-11-16)20(24)21-17-7-5-6-15(12-17)14-25-18-8-3-2-4-9-18/h5-7,12,16,18-19,23H,2-4,8-11,13-14H2,1H3,(H,21,24). The number of benzene rings is 1. The highest BCUT2D eigenvalue weighted by molar-refractivity contribution is 5.89. The lowest BCUT2D eigenvalue weighted by Crippen LogP contribution is -2.38. The SMILES string of the molecule is CN(CC(O)C1CC1)C(=O)Nc1cccc(COC2CCCCC2)c1. The van der Waals surface area contributed by atoms with Gasteiger partial charge in [0.05, 0.1) is 18.8 Å². The van der Waals surface area contributed by atoms with Crippen LogP contribution in [-0.4, -0.2) is 41.8 Å². The molecule has 5 heteroatoms. The lowest BCUT2D eigenvalue weighted by Gasteiger charge is -2.22. The Morgan fingerprint density at radius 2 is 2.04 bits per heavy atom. The molecule has 0 radical (unpaired) electrons. The third kappa shape index (κ3) is 5.72. The van der Waals surface area contributed by atoms with Gasteiger partial charge in [0.2, 0.25) is 0 Å². The molecule has 0 aromatic heterocycles. The molecular formula is C20H30N2O3. The minimum Gasteiger partial charge on any atom is -0.391 e. The molecule has 2 saturated carbocycles. The van der Waals surface area contributed by atoms with Gasteiger partial charge in [-0.2, -0.15) is 0 Å². The summed E-state index contributed by atoms with van der Waals surface area (Å²) in [7, 11) is 1.72. The average Bonchev–Trinajstić information content (AvgIpc) is 3.46. The Bertz CT molecular complexity index is 568. The first-order valence-corrected chi connectivity index (χ1v) is 9.52. The van der Waals surface area contributed by atoms with Gasteiger partial charge in [0.25, 0.3) is 0 Å². The van der Waals surface area contributed by atoms with Crippen LogP contribution in [0.4, 0.5) is 10.5 Å². The van der Waals surface area contributed by atoms with E-state index in [0.29, 0.717) is 25.2 Å². The number of ether oxygens (including phenoxy) is 1. The van der Waals surface area contributed by atoms with Gasteiger partial charge in [-0.1, -0.05) is 31.4 Å². The van der Waals surface area contributed by atoms with E-state index in [4.69, 9.17) is 4.74 Å². The van der Waals surface area contributed by atoms with Crippen molar-refractivity contribution >= 4 is 11.7 Å². The minimum atomic E-state index is -0.411. The first-order chi connectivity index (χ1) is 12.1. The molecule has 2 N–H and O–H groups in total. The fraction of sp³-hybridized carbons (Fsp3) is 0.650. The van der Waals surface area contributed by atoms with Gasteiger partial charge < -0.3 is 20.1 Å². The molecule has 2 amide bonds. The first-order valence-electron chi connectivity index (χ1n) is 9.52. The molecule has 2 aliphatic rings. The van der Waals surface area contributed by atoms with Crippen molar-refractivity contribution < 1.29 is 14.6 Å². The number of aliphatic hydroxyl groups excluding tert-OH is 1. The maximum absolute atomic E-state index is 12.3. The summed E-state index contributed by atoms with van der Waals surface area (Å²) in [6, 6.07) is 7.62. The second kappa shape index (κ2) is 8.68. The van der Waals surface area contributed by atoms with Crippen LogP contribution in [0.25, 0.3) is 0 Å². The van der Waals surface area contributed by atoms with Crippen LogP contribution in [0.3, 0.4) is 0 Å². The molecule has 138 valence electrons. The Labute approximate surface area is 150 Å². The molecule has 0 aliphatic heterocycles. The monoisotopic (exact) mass is 346 g/mol. The highest BCUT2D eigenvalue weighted by Gasteiger charge is 2.31. The van der Waals surface area contributed by atoms with Crippen molar-refractivity contribution in [2.45, 2.75) is 63.8 Å². The predicted octanol–water partition coefficient (Wildman–Crippen LogP) is 3.77. The van der Waals surface area contributed by atoms with Gasteiger partial charge in [-0.15, -0.1) is 0 Å². The number of nitrogens with zero attached hydrogens (tertiary/aromatic N) is 1. The van der Waals surface area contributed by atoms with Gasteiger partial charge in [0.1, 0.15) is 0 Å². The third-order valence-electron chi connectivity index (χ3n) is 5.19. The van der Waals surface area contributed by atoms with E-state index in [2.05, 4.69) is 5.32 Å². The number of carbonyl (C=O) groups is 1. The Balaban J connectivity index is 1.47. The number of anilines is 1. The molecule has 1 unspecified atom stereocenters. The molecule has 2 fully saturated rings. The molecule has 1 aromatic rings. The van der Waals surface area contributed by atoms with E-state index in [0.717, 1.165) is 36.9 Å². The van der Waals surface area contributed by atoms with Crippen LogP contribution in [0, 0.1) is 5.92 Å². The number of aliphatic hydroxyl groups is 1. The van der Waals surface area contributed by atoms with Gasteiger partial charge in [0.15, 0.2) is 0 Å². The smallest absolute Gasteiger partial charge is 0.321 e. The maximum atomic E-state index is 12.3. The molecule has 0 heterocycles. The summed E-state index contributed by atoms with van der Waals surface area (Å²) in [5.41, 5.74) is 1.84. The third-order valence-corrected chi connectivity index (χ3v) is 5.19. The van der Waals surface area contributed by atoms with Crippen molar-refractivity contribution in [3.05, 3.63) is 29.8 Å². The normalized spacial score (nSPS) is 19.4. The van der Waals surface area contributed by atoms with Gasteiger partial charge in [0, 0.05) is 19.3 Å².